The van der Waals surface area contributed by atoms with Crippen LogP contribution in [-0.4, -0.2) is 10.00 Å². The van der Waals surface area contributed by atoms with Crippen molar-refractivity contribution >= 4 is 40.6 Å². The van der Waals surface area contributed by atoms with Crippen LogP contribution in [0, 0.1) is 0 Å². The zero-order chi connectivity index (χ0) is 6.41. The minimum atomic E-state index is -0.512. The predicted octanol–water partition coefficient (Wildman–Crippen LogP) is 2.41. The molecule has 0 aliphatic rings. The monoisotopic (exact) mass is 167 g/mol. The number of nitrogens with zero attached hydrogens (tertiary/aromatic N) is 1. The fraction of sp³-hybridized carbons (Fsp3) is 0.250. The van der Waals surface area contributed by atoms with Gasteiger partial charge in [-0.2, -0.15) is 0 Å². The summed E-state index contributed by atoms with van der Waals surface area (Å²) in [5, 5.41) is 2.13. The lowest BCUT2D eigenvalue weighted by atomic mass is 10.7. The van der Waals surface area contributed by atoms with Gasteiger partial charge in [0.05, 0.1) is 5.16 Å². The molecule has 0 saturated heterocycles. The minimum absolute atomic E-state index is 0.512. The van der Waals surface area contributed by atoms with Crippen molar-refractivity contribution in [3.05, 3.63) is 12.3 Å². The number of hydrogen-bond donors (Lipinski definition) is 0. The van der Waals surface area contributed by atoms with Crippen LogP contribution in [0.15, 0.2) is 17.3 Å². The number of allylic oxidation sites excluding steroid dienone is 1. The molecule has 0 unspecified atom stereocenters. The van der Waals surface area contributed by atoms with Gasteiger partial charge < -0.3 is 0 Å². The summed E-state index contributed by atoms with van der Waals surface area (Å²) in [5.74, 6) is 0. The van der Waals surface area contributed by atoms with Gasteiger partial charge in [0.1, 0.15) is 4.84 Å². The van der Waals surface area contributed by atoms with Crippen LogP contribution in [0.4, 0.5) is 0 Å². The molecule has 0 aliphatic carbocycles. The highest BCUT2D eigenvalue weighted by Crippen LogP contribution is 2.01. The van der Waals surface area contributed by atoms with Gasteiger partial charge in [0.25, 0.3) is 0 Å². The standard InChI is InChI=1S/C4H3Cl2NS/c5-4(6)1-2-7-3-8/h1-2,4H. The zero-order valence-electron chi connectivity index (χ0n) is 3.84. The summed E-state index contributed by atoms with van der Waals surface area (Å²) in [7, 11) is 0. The number of halogens is 2. The lowest BCUT2D eigenvalue weighted by Gasteiger charge is -1.81. The van der Waals surface area contributed by atoms with Crippen molar-refractivity contribution in [1.82, 2.24) is 0 Å². The van der Waals surface area contributed by atoms with Gasteiger partial charge in [-0.15, -0.1) is 23.2 Å². The molecule has 0 aliphatic heterocycles. The molecular weight excluding hydrogens is 165 g/mol. The van der Waals surface area contributed by atoms with Gasteiger partial charge in [-0.3, -0.25) is 0 Å². The highest BCUT2D eigenvalue weighted by molar-refractivity contribution is 7.78. The fourth-order valence-electron chi connectivity index (χ4n) is 0.139. The first kappa shape index (κ1) is 8.12. The first-order valence-electron chi connectivity index (χ1n) is 1.79. The minimum Gasteiger partial charge on any atom is -0.203 e. The second kappa shape index (κ2) is 5.26. The van der Waals surface area contributed by atoms with Gasteiger partial charge in [0.15, 0.2) is 0 Å². The summed E-state index contributed by atoms with van der Waals surface area (Å²) >= 11 is 14.8. The van der Waals surface area contributed by atoms with Crippen molar-refractivity contribution in [3.63, 3.8) is 0 Å². The van der Waals surface area contributed by atoms with E-state index in [1.54, 1.807) is 0 Å². The van der Waals surface area contributed by atoms with E-state index in [9.17, 15) is 0 Å². The van der Waals surface area contributed by atoms with Crippen molar-refractivity contribution in [3.8, 4) is 0 Å². The molecule has 4 heteroatoms. The molecule has 0 bridgehead atoms. The second-order valence-corrected chi connectivity index (χ2v) is 2.24. The number of alkyl halides is 2. The highest BCUT2D eigenvalue weighted by atomic mass is 35.5. The van der Waals surface area contributed by atoms with E-state index < -0.39 is 4.84 Å². The van der Waals surface area contributed by atoms with E-state index in [2.05, 4.69) is 22.4 Å². The first-order valence-corrected chi connectivity index (χ1v) is 3.07. The largest absolute Gasteiger partial charge is 0.203 e. The molecule has 0 rings (SSSR count). The molecule has 0 radical (unpaired) electrons. The molecule has 0 atom stereocenters. The maximum absolute atomic E-state index is 5.27. The number of hydrogen-bond acceptors (Lipinski definition) is 2. The Morgan fingerprint density at radius 1 is 1.62 bits per heavy atom. The highest BCUT2D eigenvalue weighted by Gasteiger charge is 1.84. The summed E-state index contributed by atoms with van der Waals surface area (Å²) in [6.45, 7) is 0. The molecule has 0 amide bonds. The quantitative estimate of drug-likeness (QED) is 0.350. The van der Waals surface area contributed by atoms with Crippen LogP contribution < -0.4 is 0 Å². The molecule has 0 fully saturated rings. The van der Waals surface area contributed by atoms with Gasteiger partial charge in [-0.1, -0.05) is 0 Å². The number of isothiocyanates is 1. The van der Waals surface area contributed by atoms with Crippen molar-refractivity contribution in [2.24, 2.45) is 4.99 Å². The number of aliphatic imine (C=N–C) groups is 1. The Balaban J connectivity index is 3.49. The van der Waals surface area contributed by atoms with Gasteiger partial charge in [0.2, 0.25) is 0 Å². The van der Waals surface area contributed by atoms with Gasteiger partial charge in [0, 0.05) is 6.20 Å². The Kier molecular flexibility index (Phi) is 5.34. The van der Waals surface area contributed by atoms with Gasteiger partial charge in [-0.05, 0) is 18.3 Å². The number of rotatable bonds is 2. The smallest absolute Gasteiger partial charge is 0.127 e. The summed E-state index contributed by atoms with van der Waals surface area (Å²) in [6, 6.07) is 0. The molecule has 0 aromatic rings. The molecule has 8 heavy (non-hydrogen) atoms. The number of thiocarbonyl (C=S) groups is 1. The Morgan fingerprint density at radius 2 is 2.25 bits per heavy atom. The van der Waals surface area contributed by atoms with Crippen LogP contribution in [-0.2, 0) is 0 Å². The average molecular weight is 168 g/mol. The molecule has 44 valence electrons. The third-order valence-corrected chi connectivity index (χ3v) is 0.755. The molecule has 0 N–H and O–H groups in total. The maximum Gasteiger partial charge on any atom is 0.127 e. The molecule has 0 heterocycles. The van der Waals surface area contributed by atoms with Gasteiger partial charge >= 0.3 is 0 Å². The predicted molar refractivity (Wildman–Crippen MR) is 39.7 cm³/mol. The van der Waals surface area contributed by atoms with E-state index in [1.165, 1.54) is 12.3 Å². The Hall–Kier alpha value is 0.120. The van der Waals surface area contributed by atoms with E-state index in [1.807, 2.05) is 0 Å². The van der Waals surface area contributed by atoms with Crippen molar-refractivity contribution in [2.75, 3.05) is 0 Å². The van der Waals surface area contributed by atoms with Crippen LogP contribution in [0.5, 0.6) is 0 Å². The molecule has 0 spiro atoms. The van der Waals surface area contributed by atoms with E-state index in [-0.39, 0.29) is 0 Å². The van der Waals surface area contributed by atoms with Crippen molar-refractivity contribution in [2.45, 2.75) is 4.84 Å². The van der Waals surface area contributed by atoms with E-state index in [0.29, 0.717) is 0 Å². The Morgan fingerprint density at radius 3 is 2.62 bits per heavy atom. The van der Waals surface area contributed by atoms with Crippen LogP contribution >= 0.6 is 35.4 Å². The summed E-state index contributed by atoms with van der Waals surface area (Å²) in [6.07, 6.45) is 2.89. The Labute approximate surface area is 63.0 Å². The topological polar surface area (TPSA) is 12.4 Å². The maximum atomic E-state index is 5.27. The lowest BCUT2D eigenvalue weighted by molar-refractivity contribution is 1.51. The third kappa shape index (κ3) is 6.12. The lowest BCUT2D eigenvalue weighted by Crippen LogP contribution is -1.72. The van der Waals surface area contributed by atoms with E-state index in [0.717, 1.165) is 0 Å². The van der Waals surface area contributed by atoms with Gasteiger partial charge in [-0.25, -0.2) is 4.99 Å². The molecule has 1 nitrogen and oxygen atoms in total. The summed E-state index contributed by atoms with van der Waals surface area (Å²) in [5.41, 5.74) is 0. The SMILES string of the molecule is S=C=NC=CC(Cl)Cl. The van der Waals surface area contributed by atoms with Crippen molar-refractivity contribution < 1.29 is 0 Å². The zero-order valence-corrected chi connectivity index (χ0v) is 6.17. The average Bonchev–Trinajstić information content (AvgIpc) is 1.66. The second-order valence-electron chi connectivity index (χ2n) is 0.896. The van der Waals surface area contributed by atoms with E-state index >= 15 is 0 Å². The first-order chi connectivity index (χ1) is 3.77. The van der Waals surface area contributed by atoms with Crippen LogP contribution in [0.2, 0.25) is 0 Å². The van der Waals surface area contributed by atoms with Crippen LogP contribution in [0.25, 0.3) is 0 Å². The third-order valence-electron chi connectivity index (χ3n) is 0.359. The fourth-order valence-corrected chi connectivity index (χ4v) is 0.330. The summed E-state index contributed by atoms with van der Waals surface area (Å²) in [4.78, 5) is 2.92. The normalized spacial score (nSPS) is 9.88. The Bertz CT molecular complexity index is 126. The van der Waals surface area contributed by atoms with E-state index in [4.69, 9.17) is 23.2 Å². The van der Waals surface area contributed by atoms with Crippen molar-refractivity contribution in [1.29, 1.82) is 0 Å². The van der Waals surface area contributed by atoms with Crippen LogP contribution in [0.1, 0.15) is 0 Å². The molecule has 0 aromatic carbocycles. The molecular formula is C4H3Cl2NS. The molecule has 0 saturated carbocycles. The van der Waals surface area contributed by atoms with Crippen LogP contribution in [0.3, 0.4) is 0 Å². The summed E-state index contributed by atoms with van der Waals surface area (Å²) < 4.78 is 0. The molecule has 0 aromatic heterocycles.